The molecule has 0 saturated carbocycles. The molecule has 0 spiro atoms. The molecule has 0 radical (unpaired) electrons. The number of hydrogen-bond donors (Lipinski definition) is 2. The lowest BCUT2D eigenvalue weighted by Crippen LogP contribution is -2.21. The fraction of sp³-hybridized carbons (Fsp3) is 0.100. The number of urea groups is 1. The molecule has 0 bridgehead atoms. The SMILES string of the molecule is Cn1cc(-c2cnc3ccc(NC(=O)Nc4ccc(F)c(C(F)(F)F)c4F)cc3n2)cn1. The molecular weight excluding hydrogens is 435 g/mol. The van der Waals surface area contributed by atoms with Crippen LogP contribution >= 0.6 is 0 Å². The lowest BCUT2D eigenvalue weighted by atomic mass is 10.1. The number of alkyl halides is 3. The van der Waals surface area contributed by atoms with E-state index in [0.29, 0.717) is 28.9 Å². The molecule has 7 nitrogen and oxygen atoms in total. The van der Waals surface area contributed by atoms with Gasteiger partial charge in [0.2, 0.25) is 0 Å². The smallest absolute Gasteiger partial charge is 0.308 e. The van der Waals surface area contributed by atoms with Crippen LogP contribution in [0, 0.1) is 11.6 Å². The molecule has 0 aliphatic rings. The second-order valence-electron chi connectivity index (χ2n) is 6.72. The number of benzene rings is 2. The maximum Gasteiger partial charge on any atom is 0.422 e. The number of aryl methyl sites for hydroxylation is 1. The van der Waals surface area contributed by atoms with Crippen molar-refractivity contribution in [3.05, 3.63) is 66.1 Å². The van der Waals surface area contributed by atoms with Crippen molar-refractivity contribution < 1.29 is 26.7 Å². The van der Waals surface area contributed by atoms with E-state index in [1.54, 1.807) is 36.4 Å². The van der Waals surface area contributed by atoms with Gasteiger partial charge in [-0.2, -0.15) is 18.3 Å². The van der Waals surface area contributed by atoms with E-state index < -0.39 is 35.1 Å². The molecule has 2 amide bonds. The molecule has 0 fully saturated rings. The summed E-state index contributed by atoms with van der Waals surface area (Å²) in [6.45, 7) is 0. The summed E-state index contributed by atoms with van der Waals surface area (Å²) < 4.78 is 67.7. The fourth-order valence-corrected chi connectivity index (χ4v) is 2.98. The highest BCUT2D eigenvalue weighted by Gasteiger charge is 2.38. The molecule has 2 aromatic carbocycles. The average Bonchev–Trinajstić information content (AvgIpc) is 3.15. The predicted octanol–water partition coefficient (Wildman–Crippen LogP) is 4.97. The van der Waals surface area contributed by atoms with Crippen molar-refractivity contribution >= 4 is 28.4 Å². The van der Waals surface area contributed by atoms with Gasteiger partial charge in [0.1, 0.15) is 11.4 Å². The van der Waals surface area contributed by atoms with E-state index in [9.17, 15) is 26.7 Å². The maximum atomic E-state index is 14.1. The van der Waals surface area contributed by atoms with Gasteiger partial charge in [-0.05, 0) is 30.3 Å². The van der Waals surface area contributed by atoms with Crippen LogP contribution in [-0.2, 0) is 13.2 Å². The van der Waals surface area contributed by atoms with Crippen molar-refractivity contribution in [1.82, 2.24) is 19.7 Å². The molecule has 0 aliphatic carbocycles. The quantitative estimate of drug-likeness (QED) is 0.434. The van der Waals surface area contributed by atoms with Gasteiger partial charge in [-0.3, -0.25) is 9.67 Å². The monoisotopic (exact) mass is 448 g/mol. The van der Waals surface area contributed by atoms with Gasteiger partial charge in [0.05, 0.1) is 34.8 Å². The van der Waals surface area contributed by atoms with E-state index in [4.69, 9.17) is 0 Å². The Morgan fingerprint density at radius 3 is 2.50 bits per heavy atom. The summed E-state index contributed by atoms with van der Waals surface area (Å²) in [6.07, 6.45) is -0.338. The number of amides is 2. The first-order valence-electron chi connectivity index (χ1n) is 9.01. The maximum absolute atomic E-state index is 14.1. The number of aromatic nitrogens is 4. The Bertz CT molecular complexity index is 1330. The van der Waals surface area contributed by atoms with Crippen LogP contribution in [-0.4, -0.2) is 25.8 Å². The third-order valence-electron chi connectivity index (χ3n) is 4.42. The summed E-state index contributed by atoms with van der Waals surface area (Å²) in [5, 5.41) is 8.38. The molecule has 0 unspecified atom stereocenters. The summed E-state index contributed by atoms with van der Waals surface area (Å²) in [5.74, 6) is -3.70. The largest absolute Gasteiger partial charge is 0.422 e. The number of anilines is 2. The Balaban J connectivity index is 1.56. The number of carbonyl (C=O) groups is 1. The zero-order chi connectivity index (χ0) is 23.0. The van der Waals surface area contributed by atoms with Crippen LogP contribution in [0.15, 0.2) is 48.9 Å². The third-order valence-corrected chi connectivity index (χ3v) is 4.42. The lowest BCUT2D eigenvalue weighted by Gasteiger charge is -2.13. The van der Waals surface area contributed by atoms with E-state index in [1.807, 2.05) is 5.32 Å². The van der Waals surface area contributed by atoms with Crippen LogP contribution in [0.3, 0.4) is 0 Å². The summed E-state index contributed by atoms with van der Waals surface area (Å²) in [5.41, 5.74) is -0.453. The Kier molecular flexibility index (Phi) is 5.20. The molecule has 4 aromatic rings. The molecule has 0 aliphatic heterocycles. The predicted molar refractivity (Wildman–Crippen MR) is 106 cm³/mol. The van der Waals surface area contributed by atoms with Crippen LogP contribution in [0.5, 0.6) is 0 Å². The summed E-state index contributed by atoms with van der Waals surface area (Å²) in [4.78, 5) is 20.9. The van der Waals surface area contributed by atoms with Gasteiger partial charge < -0.3 is 10.6 Å². The molecule has 12 heteroatoms. The molecule has 32 heavy (non-hydrogen) atoms. The second kappa shape index (κ2) is 7.87. The van der Waals surface area contributed by atoms with Gasteiger partial charge in [-0.25, -0.2) is 18.6 Å². The van der Waals surface area contributed by atoms with Crippen molar-refractivity contribution in [3.8, 4) is 11.3 Å². The third kappa shape index (κ3) is 4.19. The summed E-state index contributed by atoms with van der Waals surface area (Å²) in [7, 11) is 1.75. The van der Waals surface area contributed by atoms with Crippen molar-refractivity contribution in [2.75, 3.05) is 10.6 Å². The van der Waals surface area contributed by atoms with Crippen molar-refractivity contribution in [3.63, 3.8) is 0 Å². The lowest BCUT2D eigenvalue weighted by molar-refractivity contribution is -0.142. The Morgan fingerprint density at radius 2 is 1.81 bits per heavy atom. The van der Waals surface area contributed by atoms with Crippen molar-refractivity contribution in [2.24, 2.45) is 7.05 Å². The number of halogens is 5. The molecule has 4 rings (SSSR count). The number of nitrogens with one attached hydrogen (secondary N) is 2. The molecule has 0 atom stereocenters. The van der Waals surface area contributed by atoms with E-state index in [2.05, 4.69) is 20.4 Å². The second-order valence-corrected chi connectivity index (χ2v) is 6.72. The minimum absolute atomic E-state index is 0.228. The normalized spacial score (nSPS) is 11.6. The number of rotatable bonds is 3. The summed E-state index contributed by atoms with van der Waals surface area (Å²) in [6, 6.07) is 4.65. The number of fused-ring (bicyclic) bond motifs is 1. The Hall–Kier alpha value is -4.09. The highest BCUT2D eigenvalue weighted by molar-refractivity contribution is 6.00. The highest BCUT2D eigenvalue weighted by Crippen LogP contribution is 2.36. The topological polar surface area (TPSA) is 84.7 Å². The highest BCUT2D eigenvalue weighted by atomic mass is 19.4. The molecule has 164 valence electrons. The van der Waals surface area contributed by atoms with Gasteiger partial charge in [0, 0.05) is 24.5 Å². The minimum Gasteiger partial charge on any atom is -0.308 e. The van der Waals surface area contributed by atoms with Gasteiger partial charge in [-0.15, -0.1) is 0 Å². The van der Waals surface area contributed by atoms with Crippen molar-refractivity contribution in [1.29, 1.82) is 0 Å². The van der Waals surface area contributed by atoms with E-state index in [-0.39, 0.29) is 5.69 Å². The Labute approximate surface area is 176 Å². The van der Waals surface area contributed by atoms with Crippen LogP contribution in [0.4, 0.5) is 38.1 Å². The Morgan fingerprint density at radius 1 is 1.03 bits per heavy atom. The number of hydrogen-bond acceptors (Lipinski definition) is 4. The van der Waals surface area contributed by atoms with Crippen LogP contribution < -0.4 is 10.6 Å². The van der Waals surface area contributed by atoms with Crippen LogP contribution in [0.25, 0.3) is 22.3 Å². The van der Waals surface area contributed by atoms with E-state index >= 15 is 0 Å². The van der Waals surface area contributed by atoms with Gasteiger partial charge in [-0.1, -0.05) is 0 Å². The van der Waals surface area contributed by atoms with Gasteiger partial charge in [0.15, 0.2) is 5.82 Å². The minimum atomic E-state index is -5.26. The molecule has 0 saturated heterocycles. The average molecular weight is 448 g/mol. The van der Waals surface area contributed by atoms with Gasteiger partial charge in [0.25, 0.3) is 0 Å². The molecule has 2 N–H and O–H groups in total. The number of nitrogens with zero attached hydrogens (tertiary/aromatic N) is 4. The first kappa shape index (κ1) is 21.2. The van der Waals surface area contributed by atoms with Gasteiger partial charge >= 0.3 is 12.2 Å². The van der Waals surface area contributed by atoms with Crippen molar-refractivity contribution in [2.45, 2.75) is 6.18 Å². The number of carbonyl (C=O) groups excluding carboxylic acids is 1. The fourth-order valence-electron chi connectivity index (χ4n) is 2.98. The first-order valence-corrected chi connectivity index (χ1v) is 9.01. The summed E-state index contributed by atoms with van der Waals surface area (Å²) >= 11 is 0. The molecule has 2 heterocycles. The van der Waals surface area contributed by atoms with E-state index in [0.717, 1.165) is 5.56 Å². The first-order chi connectivity index (χ1) is 15.1. The zero-order valence-corrected chi connectivity index (χ0v) is 16.2. The standard InChI is InChI=1S/C20H13F5N6O/c1-31-9-10(7-27-31)16-8-26-13-4-2-11(6-15(13)29-16)28-19(32)30-14-5-3-12(21)17(18(14)22)20(23,24)25/h2-9H,1H3,(H2,28,30,32). The molecular formula is C20H13F5N6O. The molecule has 2 aromatic heterocycles. The van der Waals surface area contributed by atoms with Crippen LogP contribution in [0.1, 0.15) is 5.56 Å². The van der Waals surface area contributed by atoms with Crippen LogP contribution in [0.2, 0.25) is 0 Å². The zero-order valence-electron chi connectivity index (χ0n) is 16.2. The van der Waals surface area contributed by atoms with E-state index in [1.165, 1.54) is 12.1 Å².